The number of rotatable bonds is 9. The van der Waals surface area contributed by atoms with Crippen molar-refractivity contribution in [2.75, 3.05) is 26.1 Å². The van der Waals surface area contributed by atoms with Crippen LogP contribution in [0.3, 0.4) is 0 Å². The number of carbonyl (C=O) groups excluding carboxylic acids is 1. The normalized spacial score (nSPS) is 14.1. The molecule has 14 heteroatoms. The lowest BCUT2D eigenvalue weighted by Crippen LogP contribution is -2.17. The first-order chi connectivity index (χ1) is 21.6. The Morgan fingerprint density at radius 1 is 1.13 bits per heavy atom. The molecule has 0 spiro atoms. The summed E-state index contributed by atoms with van der Waals surface area (Å²) < 4.78 is 29.5. The van der Waals surface area contributed by atoms with Crippen molar-refractivity contribution in [3.8, 4) is 16.8 Å². The molecule has 2 aromatic heterocycles. The Bertz CT molecular complexity index is 1880. The van der Waals surface area contributed by atoms with Crippen molar-refractivity contribution in [1.82, 2.24) is 14.8 Å². The van der Waals surface area contributed by atoms with Crippen molar-refractivity contribution >= 4 is 48.1 Å². The average Bonchev–Trinajstić information content (AvgIpc) is 3.51. The molecular formula is C31H32ClN6O5PS. The van der Waals surface area contributed by atoms with Gasteiger partial charge in [-0.3, -0.25) is 27.9 Å². The number of thiophene rings is 1. The number of phosphoric ester groups is 1. The van der Waals surface area contributed by atoms with E-state index in [4.69, 9.17) is 35.9 Å². The number of nitrogens with zero attached hydrogens (tertiary/aromatic N) is 4. The van der Waals surface area contributed by atoms with E-state index in [2.05, 4.69) is 41.2 Å². The maximum atomic E-state index is 13.6. The first-order valence-electron chi connectivity index (χ1n) is 13.9. The van der Waals surface area contributed by atoms with Crippen molar-refractivity contribution < 1.29 is 22.9 Å². The smallest absolute Gasteiger partial charge is 0.326 e. The summed E-state index contributed by atoms with van der Waals surface area (Å²) in [6.07, 6.45) is 0.00171. The van der Waals surface area contributed by atoms with Crippen molar-refractivity contribution in [3.63, 3.8) is 0 Å². The van der Waals surface area contributed by atoms with Crippen LogP contribution in [-0.2, 0) is 29.5 Å². The molecule has 1 aliphatic rings. The van der Waals surface area contributed by atoms with Crippen LogP contribution in [0.1, 0.15) is 56.8 Å². The number of benzene rings is 2. The molecule has 0 fully saturated rings. The van der Waals surface area contributed by atoms with Crippen LogP contribution in [0.15, 0.2) is 47.5 Å². The highest BCUT2D eigenvalue weighted by molar-refractivity contribution is 7.48. The number of nitrogens with one attached hydrogen (secondary N) is 1. The molecule has 3 heterocycles. The minimum absolute atomic E-state index is 0.00171. The van der Waals surface area contributed by atoms with Gasteiger partial charge in [0.25, 0.3) is 0 Å². The molecule has 0 radical (unpaired) electrons. The second-order valence-corrected chi connectivity index (χ2v) is 13.6. The van der Waals surface area contributed by atoms with Crippen molar-refractivity contribution in [3.05, 3.63) is 91.8 Å². The Morgan fingerprint density at radius 2 is 1.87 bits per heavy atom. The summed E-state index contributed by atoms with van der Waals surface area (Å²) in [7, 11) is -1.23. The Labute approximate surface area is 270 Å². The third-order valence-corrected chi connectivity index (χ3v) is 10.1. The number of aryl methyl sites for hydroxylation is 2. The van der Waals surface area contributed by atoms with E-state index in [0.29, 0.717) is 33.5 Å². The van der Waals surface area contributed by atoms with Gasteiger partial charge in [-0.1, -0.05) is 41.6 Å². The van der Waals surface area contributed by atoms with Crippen LogP contribution in [0.4, 0.5) is 5.69 Å². The highest BCUT2D eigenvalue weighted by Crippen LogP contribution is 2.48. The van der Waals surface area contributed by atoms with Gasteiger partial charge in [0.05, 0.1) is 25.3 Å². The van der Waals surface area contributed by atoms with Crippen LogP contribution in [-0.4, -0.2) is 47.1 Å². The van der Waals surface area contributed by atoms with E-state index < -0.39 is 13.9 Å². The molecule has 0 saturated heterocycles. The fourth-order valence-electron chi connectivity index (χ4n) is 4.89. The number of halogens is 1. The summed E-state index contributed by atoms with van der Waals surface area (Å²) in [5, 5.41) is 13.4. The molecule has 2 aromatic carbocycles. The summed E-state index contributed by atoms with van der Waals surface area (Å²) in [6.45, 7) is 6.08. The number of amides is 1. The molecule has 1 aliphatic heterocycles. The van der Waals surface area contributed by atoms with Crippen LogP contribution in [0.5, 0.6) is 0 Å². The molecule has 5 rings (SSSR count). The van der Waals surface area contributed by atoms with E-state index in [1.165, 1.54) is 14.2 Å². The lowest BCUT2D eigenvalue weighted by molar-refractivity contribution is -0.116. The second kappa shape index (κ2) is 13.8. The molecule has 0 aliphatic carbocycles. The van der Waals surface area contributed by atoms with Gasteiger partial charge < -0.3 is 11.1 Å². The first-order valence-corrected chi connectivity index (χ1v) is 16.6. The minimum atomic E-state index is -3.70. The maximum absolute atomic E-state index is 13.6. The van der Waals surface area contributed by atoms with Gasteiger partial charge in [-0.15, -0.1) is 21.5 Å². The summed E-state index contributed by atoms with van der Waals surface area (Å²) in [5.41, 5.74) is 11.0. The SMILES string of the molecule is COP(=O)(OC)OCc1ccc(NC(=O)C[C@@H]2N=C(c3ccc(Cl)cc3)c3c(sc(C)c3C)-n3c(C)nnc32)cc1C#CCN. The van der Waals surface area contributed by atoms with Crippen molar-refractivity contribution in [2.45, 2.75) is 39.8 Å². The van der Waals surface area contributed by atoms with Gasteiger partial charge in [0.2, 0.25) is 5.91 Å². The summed E-state index contributed by atoms with van der Waals surface area (Å²) >= 11 is 7.86. The fourth-order valence-corrected chi connectivity index (χ4v) is 6.89. The number of carbonyl (C=O) groups is 1. The highest BCUT2D eigenvalue weighted by Gasteiger charge is 2.32. The molecule has 45 heavy (non-hydrogen) atoms. The van der Waals surface area contributed by atoms with Crippen LogP contribution in [0.25, 0.3) is 5.00 Å². The zero-order chi connectivity index (χ0) is 32.3. The molecule has 11 nitrogen and oxygen atoms in total. The predicted octanol–water partition coefficient (Wildman–Crippen LogP) is 6.06. The molecule has 1 amide bonds. The summed E-state index contributed by atoms with van der Waals surface area (Å²) in [4.78, 5) is 19.9. The number of phosphoric acid groups is 1. The van der Waals surface area contributed by atoms with Crippen LogP contribution >= 0.6 is 30.8 Å². The number of aliphatic imine (C=N–C) groups is 1. The lowest BCUT2D eigenvalue weighted by atomic mass is 9.99. The number of aromatic nitrogens is 3. The number of hydrogen-bond donors (Lipinski definition) is 2. The third kappa shape index (κ3) is 6.95. The average molecular weight is 667 g/mol. The number of nitrogens with two attached hydrogens (primary N) is 1. The fraction of sp³-hybridized carbons (Fsp3) is 0.290. The van der Waals surface area contributed by atoms with E-state index in [9.17, 15) is 9.36 Å². The molecule has 0 unspecified atom stereocenters. The van der Waals surface area contributed by atoms with Crippen molar-refractivity contribution in [2.24, 2.45) is 10.7 Å². The third-order valence-electron chi connectivity index (χ3n) is 7.28. The summed E-state index contributed by atoms with van der Waals surface area (Å²) in [5.74, 6) is 6.79. The Kier molecular flexibility index (Phi) is 10.0. The number of fused-ring (bicyclic) bond motifs is 3. The van der Waals surface area contributed by atoms with Gasteiger partial charge in [0.1, 0.15) is 16.9 Å². The Balaban J connectivity index is 1.47. The van der Waals surface area contributed by atoms with E-state index in [-0.39, 0.29) is 25.5 Å². The maximum Gasteiger partial charge on any atom is 0.474 e. The van der Waals surface area contributed by atoms with Gasteiger partial charge in [-0.25, -0.2) is 4.57 Å². The lowest BCUT2D eigenvalue weighted by Gasteiger charge is -2.15. The largest absolute Gasteiger partial charge is 0.474 e. The van der Waals surface area contributed by atoms with E-state index >= 15 is 0 Å². The molecule has 1 atom stereocenters. The number of anilines is 1. The number of hydrogen-bond acceptors (Lipinski definition) is 10. The van der Waals surface area contributed by atoms with Crippen LogP contribution < -0.4 is 11.1 Å². The standard InChI is InChI=1S/C31H32ClN6O5PS/c1-18-19(2)45-31-28(18)29(21-8-11-24(32)12-9-21)35-26(30-37-36-20(3)38(30)31)16-27(39)34-25-13-10-23(22(15-25)7-6-14-33)17-43-44(40,41-4)42-5/h8-13,15,26H,14,16-17,33H2,1-5H3,(H,34,39)/t26-/m0/s1. The van der Waals surface area contributed by atoms with E-state index in [1.807, 2.05) is 35.8 Å². The van der Waals surface area contributed by atoms with E-state index in [0.717, 1.165) is 32.3 Å². The first kappa shape index (κ1) is 32.7. The van der Waals surface area contributed by atoms with Gasteiger partial charge in [0.15, 0.2) is 5.82 Å². The molecule has 4 aromatic rings. The monoisotopic (exact) mass is 666 g/mol. The van der Waals surface area contributed by atoms with Crippen LogP contribution in [0.2, 0.25) is 5.02 Å². The zero-order valence-corrected chi connectivity index (χ0v) is 27.8. The van der Waals surface area contributed by atoms with Crippen LogP contribution in [0, 0.1) is 32.6 Å². The van der Waals surface area contributed by atoms with Gasteiger partial charge in [0, 0.05) is 46.5 Å². The molecule has 0 bridgehead atoms. The van der Waals surface area contributed by atoms with Gasteiger partial charge >= 0.3 is 7.82 Å². The highest BCUT2D eigenvalue weighted by atomic mass is 35.5. The quantitative estimate of drug-likeness (QED) is 0.162. The predicted molar refractivity (Wildman–Crippen MR) is 175 cm³/mol. The van der Waals surface area contributed by atoms with Crippen molar-refractivity contribution in [1.29, 1.82) is 0 Å². The Morgan fingerprint density at radius 3 is 2.56 bits per heavy atom. The molecule has 3 N–H and O–H groups in total. The Hall–Kier alpha value is -3.66. The van der Waals surface area contributed by atoms with Gasteiger partial charge in [-0.2, -0.15) is 0 Å². The van der Waals surface area contributed by atoms with Gasteiger partial charge in [-0.05, 0) is 56.2 Å². The molecule has 234 valence electrons. The zero-order valence-electron chi connectivity index (χ0n) is 25.4. The second-order valence-electron chi connectivity index (χ2n) is 10.1. The topological polar surface area (TPSA) is 143 Å². The summed E-state index contributed by atoms with van der Waals surface area (Å²) in [6, 6.07) is 12.0. The van der Waals surface area contributed by atoms with E-state index in [1.54, 1.807) is 29.5 Å². The molecular weight excluding hydrogens is 635 g/mol. The molecule has 0 saturated carbocycles. The minimum Gasteiger partial charge on any atom is -0.326 e.